The average molecular weight is 581 g/mol. The molecule has 0 unspecified atom stereocenters. The Morgan fingerprint density at radius 3 is 2.88 bits per heavy atom. The van der Waals surface area contributed by atoms with Gasteiger partial charge < -0.3 is 9.84 Å². The van der Waals surface area contributed by atoms with E-state index in [1.165, 1.54) is 6.07 Å². The molecule has 218 valence electrons. The Labute approximate surface area is 246 Å². The van der Waals surface area contributed by atoms with Gasteiger partial charge in [-0.25, -0.2) is 8.78 Å². The van der Waals surface area contributed by atoms with Crippen molar-refractivity contribution in [1.82, 2.24) is 30.0 Å². The lowest BCUT2D eigenvalue weighted by molar-refractivity contribution is 0.106. The van der Waals surface area contributed by atoms with Gasteiger partial charge in [0.05, 0.1) is 34.2 Å². The number of hydrogen-bond acceptors (Lipinski definition) is 7. The second-order valence-electron chi connectivity index (χ2n) is 12.6. The van der Waals surface area contributed by atoms with Crippen LogP contribution in [-0.2, 0) is 11.8 Å². The second-order valence-corrected chi connectivity index (χ2v) is 12.6. The number of aromatic nitrogens is 5. The van der Waals surface area contributed by atoms with Gasteiger partial charge in [0.1, 0.15) is 18.6 Å². The molecule has 1 spiro atoms. The number of aryl methyl sites for hydroxylation is 1. The summed E-state index contributed by atoms with van der Waals surface area (Å²) in [6.45, 7) is 3.56. The number of ether oxygens (including phenoxy) is 1. The number of nitrogens with one attached hydrogen (secondary N) is 1. The molecule has 0 amide bonds. The molecule has 1 saturated carbocycles. The summed E-state index contributed by atoms with van der Waals surface area (Å²) < 4.78 is 35.8. The maximum atomic E-state index is 15.2. The van der Waals surface area contributed by atoms with Gasteiger partial charge in [0.2, 0.25) is 5.88 Å². The average Bonchev–Trinajstić information content (AvgIpc) is 3.21. The fraction of sp³-hybridized carbons (Fsp3) is 0.394. The molecule has 0 bridgehead atoms. The largest absolute Gasteiger partial charge is 0.493 e. The first-order chi connectivity index (χ1) is 20.9. The molecule has 8 nitrogen and oxygen atoms in total. The smallest absolute Gasteiger partial charge is 0.320 e. The van der Waals surface area contributed by atoms with Gasteiger partial charge >= 0.3 is 6.01 Å². The van der Waals surface area contributed by atoms with Crippen molar-refractivity contribution in [3.63, 3.8) is 0 Å². The number of halogens is 2. The van der Waals surface area contributed by atoms with Crippen LogP contribution in [0, 0.1) is 5.82 Å². The normalized spacial score (nSPS) is 23.3. The van der Waals surface area contributed by atoms with E-state index in [1.807, 2.05) is 19.1 Å². The highest BCUT2D eigenvalue weighted by Crippen LogP contribution is 2.65. The Hall–Kier alpha value is -4.18. The van der Waals surface area contributed by atoms with Crippen LogP contribution in [-0.4, -0.2) is 66.6 Å². The molecule has 2 aliphatic carbocycles. The van der Waals surface area contributed by atoms with Crippen molar-refractivity contribution in [3.8, 4) is 34.3 Å². The van der Waals surface area contributed by atoms with Gasteiger partial charge in [-0.1, -0.05) is 13.0 Å². The molecule has 10 heteroatoms. The number of pyridine rings is 1. The minimum absolute atomic E-state index is 0.117. The molecule has 3 aromatic heterocycles. The molecule has 5 heterocycles. The molecule has 2 aromatic carbocycles. The zero-order chi connectivity index (χ0) is 29.1. The predicted octanol–water partition coefficient (Wildman–Crippen LogP) is 5.99. The number of hydrogen-bond donors (Lipinski definition) is 2. The third-order valence-corrected chi connectivity index (χ3v) is 10.4. The van der Waals surface area contributed by atoms with Crippen molar-refractivity contribution in [3.05, 3.63) is 59.3 Å². The highest BCUT2D eigenvalue weighted by molar-refractivity contribution is 6.13. The summed E-state index contributed by atoms with van der Waals surface area (Å²) >= 11 is 0. The third-order valence-electron chi connectivity index (χ3n) is 10.4. The van der Waals surface area contributed by atoms with Gasteiger partial charge in [0.25, 0.3) is 0 Å². The van der Waals surface area contributed by atoms with E-state index in [-0.39, 0.29) is 29.9 Å². The van der Waals surface area contributed by atoms with Gasteiger partial charge in [0, 0.05) is 35.5 Å². The van der Waals surface area contributed by atoms with E-state index in [9.17, 15) is 9.50 Å². The van der Waals surface area contributed by atoms with Crippen LogP contribution in [0.5, 0.6) is 11.9 Å². The Balaban J connectivity index is 1.20. The number of H-pyrrole nitrogens is 1. The zero-order valence-corrected chi connectivity index (χ0v) is 23.8. The summed E-state index contributed by atoms with van der Waals surface area (Å²) in [5.41, 5.74) is 5.40. The van der Waals surface area contributed by atoms with E-state index >= 15 is 4.39 Å². The molecule has 2 atom stereocenters. The molecule has 0 radical (unpaired) electrons. The monoisotopic (exact) mass is 580 g/mol. The lowest BCUT2D eigenvalue weighted by atomic mass is 9.87. The van der Waals surface area contributed by atoms with E-state index in [4.69, 9.17) is 14.7 Å². The Morgan fingerprint density at radius 2 is 2.05 bits per heavy atom. The van der Waals surface area contributed by atoms with Crippen molar-refractivity contribution < 1.29 is 18.6 Å². The number of rotatable bonds is 5. The Kier molecular flexibility index (Phi) is 5.12. The Morgan fingerprint density at radius 1 is 1.16 bits per heavy atom. The molecule has 43 heavy (non-hydrogen) atoms. The summed E-state index contributed by atoms with van der Waals surface area (Å²) in [5.74, 6) is -0.382. The van der Waals surface area contributed by atoms with Gasteiger partial charge in [-0.3, -0.25) is 15.0 Å². The number of aromatic amines is 1. The quantitative estimate of drug-likeness (QED) is 0.263. The summed E-state index contributed by atoms with van der Waals surface area (Å²) in [4.78, 5) is 16.4. The lowest BCUT2D eigenvalue weighted by Gasteiger charge is -2.30. The van der Waals surface area contributed by atoms with Gasteiger partial charge in [-0.05, 0) is 84.3 Å². The third kappa shape index (κ3) is 3.38. The van der Waals surface area contributed by atoms with Crippen LogP contribution >= 0.6 is 0 Å². The molecule has 2 saturated heterocycles. The van der Waals surface area contributed by atoms with Gasteiger partial charge in [0.15, 0.2) is 0 Å². The van der Waals surface area contributed by atoms with Crippen LogP contribution < -0.4 is 4.74 Å². The van der Waals surface area contributed by atoms with Crippen LogP contribution in [0.3, 0.4) is 0 Å². The molecule has 4 aliphatic rings. The van der Waals surface area contributed by atoms with E-state index in [2.05, 4.69) is 20.1 Å². The molecular weight excluding hydrogens is 550 g/mol. The highest BCUT2D eigenvalue weighted by Gasteiger charge is 2.57. The minimum atomic E-state index is -0.856. The maximum Gasteiger partial charge on any atom is 0.320 e. The maximum absolute atomic E-state index is 15.2. The number of aromatic hydroxyl groups is 1. The summed E-state index contributed by atoms with van der Waals surface area (Å²) in [5, 5.41) is 21.4. The minimum Gasteiger partial charge on any atom is -0.493 e. The van der Waals surface area contributed by atoms with E-state index in [0.717, 1.165) is 82.0 Å². The number of fused-ring (bicyclic) bond motifs is 8. The summed E-state index contributed by atoms with van der Waals surface area (Å²) in [6, 6.07) is 7.35. The van der Waals surface area contributed by atoms with Crippen molar-refractivity contribution in [2.75, 3.05) is 19.7 Å². The zero-order valence-electron chi connectivity index (χ0n) is 23.8. The van der Waals surface area contributed by atoms with Gasteiger partial charge in [-0.15, -0.1) is 0 Å². The highest BCUT2D eigenvalue weighted by atomic mass is 19.1. The molecule has 9 rings (SSSR count). The van der Waals surface area contributed by atoms with Gasteiger partial charge in [-0.2, -0.15) is 15.1 Å². The van der Waals surface area contributed by atoms with Crippen LogP contribution in [0.1, 0.15) is 55.8 Å². The van der Waals surface area contributed by atoms with Crippen LogP contribution in [0.2, 0.25) is 0 Å². The molecule has 2 N–H and O–H groups in total. The second kappa shape index (κ2) is 8.69. The number of alkyl halides is 1. The number of nitrogens with zero attached hydrogens (tertiary/aromatic N) is 5. The standard InChI is InChI=1S/C33H30F2N6O2/c1-2-19-22(35)5-4-17-12-23-21(14-37-40-23)25(24(17)19)28-27-20(6-10-36-28)26-29(33(27)8-9-33)38-31(39-30(26)42)43-16-32-7-3-11-41(32)15-18(34)13-32/h4-6,10,12,14,18H,2-3,7-9,11,13,15-16H2,1H3,(H,37,40)(H,38,39,42)/t18-,32+/m1/s1. The topological polar surface area (TPSA) is 100 Å². The Bertz CT molecular complexity index is 1990. The lowest BCUT2D eigenvalue weighted by Crippen LogP contribution is -2.43. The van der Waals surface area contributed by atoms with Crippen LogP contribution in [0.25, 0.3) is 44.1 Å². The van der Waals surface area contributed by atoms with E-state index in [1.54, 1.807) is 18.5 Å². The first-order valence-corrected chi connectivity index (χ1v) is 15.1. The molecule has 3 fully saturated rings. The van der Waals surface area contributed by atoms with Crippen LogP contribution in [0.4, 0.5) is 8.78 Å². The fourth-order valence-electron chi connectivity index (χ4n) is 8.35. The predicted molar refractivity (Wildman–Crippen MR) is 157 cm³/mol. The SMILES string of the molecule is CCc1c(F)ccc2cc3[nH]ncc3c(-c3nccc4c3C3(CC3)c3nc(OC[C@@]56CCCN5C[C@H](F)C6)nc(O)c3-4)c12. The summed E-state index contributed by atoms with van der Waals surface area (Å²) in [6.07, 6.45) is 7.18. The van der Waals surface area contributed by atoms with E-state index in [0.29, 0.717) is 30.5 Å². The van der Waals surface area contributed by atoms with Crippen molar-refractivity contribution in [2.24, 2.45) is 0 Å². The first-order valence-electron chi connectivity index (χ1n) is 15.1. The molecule has 2 aliphatic heterocycles. The molecular formula is C33H30F2N6O2. The van der Waals surface area contributed by atoms with Crippen molar-refractivity contribution in [1.29, 1.82) is 0 Å². The van der Waals surface area contributed by atoms with Crippen LogP contribution in [0.15, 0.2) is 36.7 Å². The van der Waals surface area contributed by atoms with Crippen molar-refractivity contribution in [2.45, 2.75) is 62.6 Å². The van der Waals surface area contributed by atoms with Crippen molar-refractivity contribution >= 4 is 21.7 Å². The fourth-order valence-corrected chi connectivity index (χ4v) is 8.35. The number of benzene rings is 2. The van der Waals surface area contributed by atoms with E-state index < -0.39 is 11.6 Å². The molecule has 5 aromatic rings. The first kappa shape index (κ1) is 25.3. The summed E-state index contributed by atoms with van der Waals surface area (Å²) in [7, 11) is 0.